The predicted molar refractivity (Wildman–Crippen MR) is 88.8 cm³/mol. The Morgan fingerprint density at radius 1 is 1.32 bits per heavy atom. The number of thiazole rings is 1. The van der Waals surface area contributed by atoms with Crippen molar-refractivity contribution in [2.75, 3.05) is 0 Å². The molecule has 2 aromatic rings. The molecule has 0 aromatic carbocycles. The zero-order valence-electron chi connectivity index (χ0n) is 13.2. The number of aromatic nitrogens is 2. The molecule has 0 saturated heterocycles. The molecular weight excluding hydrogens is 294 g/mol. The second-order valence-electron chi connectivity index (χ2n) is 6.80. The molecule has 0 spiro atoms. The van der Waals surface area contributed by atoms with Crippen molar-refractivity contribution in [2.45, 2.75) is 45.6 Å². The second-order valence-corrected chi connectivity index (χ2v) is 7.89. The van der Waals surface area contributed by atoms with E-state index in [4.69, 9.17) is 4.98 Å². The Balaban J connectivity index is 1.77. The lowest BCUT2D eigenvalue weighted by Crippen LogP contribution is -2.45. The summed E-state index contributed by atoms with van der Waals surface area (Å²) in [5, 5.41) is 4.12. The molecule has 1 amide bonds. The Bertz CT molecular complexity index is 673. The van der Waals surface area contributed by atoms with E-state index in [9.17, 15) is 4.79 Å². The number of pyridine rings is 1. The van der Waals surface area contributed by atoms with Crippen LogP contribution in [0.2, 0.25) is 0 Å². The minimum atomic E-state index is -0.179. The van der Waals surface area contributed by atoms with Crippen LogP contribution in [0.1, 0.15) is 37.8 Å². The molecule has 1 aliphatic rings. The normalized spacial score (nSPS) is 17.9. The zero-order chi connectivity index (χ0) is 15.7. The fourth-order valence-electron chi connectivity index (χ4n) is 2.69. The number of hydrogen-bond acceptors (Lipinski definition) is 4. The van der Waals surface area contributed by atoms with Gasteiger partial charge in [0, 0.05) is 40.7 Å². The molecule has 3 rings (SSSR count). The molecule has 1 unspecified atom stereocenters. The Labute approximate surface area is 135 Å². The van der Waals surface area contributed by atoms with E-state index in [0.29, 0.717) is 0 Å². The van der Waals surface area contributed by atoms with E-state index in [-0.39, 0.29) is 17.4 Å². The van der Waals surface area contributed by atoms with E-state index in [0.717, 1.165) is 35.5 Å². The van der Waals surface area contributed by atoms with Gasteiger partial charge in [-0.15, -0.1) is 11.3 Å². The quantitative estimate of drug-likeness (QED) is 0.925. The van der Waals surface area contributed by atoms with Crippen LogP contribution in [0.4, 0.5) is 0 Å². The van der Waals surface area contributed by atoms with Gasteiger partial charge in [-0.05, 0) is 45.7 Å². The summed E-state index contributed by atoms with van der Waals surface area (Å²) in [5.41, 5.74) is 2.02. The Morgan fingerprint density at radius 3 is 2.73 bits per heavy atom. The average Bonchev–Trinajstić information content (AvgIpc) is 2.89. The number of rotatable bonds is 2. The first-order valence-corrected chi connectivity index (χ1v) is 8.45. The highest BCUT2D eigenvalue weighted by atomic mass is 32.1. The third kappa shape index (κ3) is 3.35. The van der Waals surface area contributed by atoms with Gasteiger partial charge in [-0.1, -0.05) is 0 Å². The maximum Gasteiger partial charge on any atom is 0.223 e. The maximum atomic E-state index is 12.4. The van der Waals surface area contributed by atoms with Crippen LogP contribution in [0.15, 0.2) is 24.5 Å². The first-order chi connectivity index (χ1) is 10.4. The second kappa shape index (κ2) is 5.80. The number of carbonyl (C=O) groups excluding carboxylic acids is 1. The average molecular weight is 315 g/mol. The number of nitrogens with one attached hydrogen (secondary N) is 1. The van der Waals surface area contributed by atoms with Crippen LogP contribution in [0.25, 0.3) is 10.6 Å². The highest BCUT2D eigenvalue weighted by Gasteiger charge is 2.29. The van der Waals surface area contributed by atoms with Crippen molar-refractivity contribution >= 4 is 17.2 Å². The van der Waals surface area contributed by atoms with Crippen molar-refractivity contribution in [3.63, 3.8) is 0 Å². The van der Waals surface area contributed by atoms with E-state index >= 15 is 0 Å². The van der Waals surface area contributed by atoms with Gasteiger partial charge in [-0.3, -0.25) is 9.78 Å². The fraction of sp³-hybridized carbons (Fsp3) is 0.471. The van der Waals surface area contributed by atoms with Crippen LogP contribution in [-0.4, -0.2) is 21.4 Å². The SMILES string of the molecule is CC(C)(C)NC(=O)C1CCc2sc(-c3ccncc3)nc2C1. The summed E-state index contributed by atoms with van der Waals surface area (Å²) in [6.07, 6.45) is 6.18. The third-order valence-corrected chi connectivity index (χ3v) is 4.94. The third-order valence-electron chi connectivity index (χ3n) is 3.73. The van der Waals surface area contributed by atoms with Crippen LogP contribution in [0, 0.1) is 5.92 Å². The van der Waals surface area contributed by atoms with E-state index < -0.39 is 0 Å². The Morgan fingerprint density at radius 2 is 2.05 bits per heavy atom. The number of aryl methyl sites for hydroxylation is 1. The molecule has 1 aliphatic carbocycles. The monoisotopic (exact) mass is 315 g/mol. The molecule has 1 atom stereocenters. The molecule has 0 saturated carbocycles. The van der Waals surface area contributed by atoms with E-state index in [1.165, 1.54) is 4.88 Å². The Hall–Kier alpha value is -1.75. The van der Waals surface area contributed by atoms with Gasteiger partial charge in [0.25, 0.3) is 0 Å². The highest BCUT2D eigenvalue weighted by molar-refractivity contribution is 7.15. The summed E-state index contributed by atoms with van der Waals surface area (Å²) in [6.45, 7) is 6.05. The lowest BCUT2D eigenvalue weighted by molar-refractivity contribution is -0.126. The molecule has 0 radical (unpaired) electrons. The Kier molecular flexibility index (Phi) is 4.00. The molecule has 5 heteroatoms. The summed E-state index contributed by atoms with van der Waals surface area (Å²) in [4.78, 5) is 22.5. The fourth-order valence-corrected chi connectivity index (χ4v) is 3.80. The zero-order valence-corrected chi connectivity index (χ0v) is 14.0. The molecule has 2 heterocycles. The van der Waals surface area contributed by atoms with E-state index in [2.05, 4.69) is 10.3 Å². The van der Waals surface area contributed by atoms with Crippen molar-refractivity contribution in [3.05, 3.63) is 35.1 Å². The van der Waals surface area contributed by atoms with Gasteiger partial charge in [0.15, 0.2) is 0 Å². The van der Waals surface area contributed by atoms with Crippen LogP contribution in [0.3, 0.4) is 0 Å². The number of hydrogen-bond donors (Lipinski definition) is 1. The smallest absolute Gasteiger partial charge is 0.223 e. The standard InChI is InChI=1S/C17H21N3OS/c1-17(2,3)20-15(21)12-4-5-14-13(10-12)19-16(22-14)11-6-8-18-9-7-11/h6-9,12H,4-5,10H2,1-3H3,(H,20,21). The van der Waals surface area contributed by atoms with Gasteiger partial charge in [-0.25, -0.2) is 4.98 Å². The minimum Gasteiger partial charge on any atom is -0.351 e. The predicted octanol–water partition coefficient (Wildman–Crippen LogP) is 3.22. The van der Waals surface area contributed by atoms with Crippen molar-refractivity contribution in [2.24, 2.45) is 5.92 Å². The van der Waals surface area contributed by atoms with Crippen molar-refractivity contribution in [1.29, 1.82) is 0 Å². The van der Waals surface area contributed by atoms with Gasteiger partial charge >= 0.3 is 0 Å². The van der Waals surface area contributed by atoms with Gasteiger partial charge < -0.3 is 5.32 Å². The topological polar surface area (TPSA) is 54.9 Å². The summed E-state index contributed by atoms with van der Waals surface area (Å²) in [6, 6.07) is 3.96. The molecular formula is C17H21N3OS. The molecule has 1 N–H and O–H groups in total. The lowest BCUT2D eigenvalue weighted by Gasteiger charge is -2.26. The van der Waals surface area contributed by atoms with Gasteiger partial charge in [0.1, 0.15) is 5.01 Å². The van der Waals surface area contributed by atoms with Crippen LogP contribution in [0.5, 0.6) is 0 Å². The van der Waals surface area contributed by atoms with E-state index in [1.54, 1.807) is 23.7 Å². The summed E-state index contributed by atoms with van der Waals surface area (Å²) >= 11 is 1.74. The van der Waals surface area contributed by atoms with Gasteiger partial charge in [-0.2, -0.15) is 0 Å². The molecule has 22 heavy (non-hydrogen) atoms. The molecule has 0 bridgehead atoms. The van der Waals surface area contributed by atoms with Crippen molar-refractivity contribution < 1.29 is 4.79 Å². The molecule has 116 valence electrons. The highest BCUT2D eigenvalue weighted by Crippen LogP contribution is 2.34. The van der Waals surface area contributed by atoms with Crippen molar-refractivity contribution in [1.82, 2.24) is 15.3 Å². The number of amides is 1. The van der Waals surface area contributed by atoms with Crippen LogP contribution >= 0.6 is 11.3 Å². The first-order valence-electron chi connectivity index (χ1n) is 7.63. The summed E-state index contributed by atoms with van der Waals surface area (Å²) in [5.74, 6) is 0.190. The molecule has 0 fully saturated rings. The summed E-state index contributed by atoms with van der Waals surface area (Å²) < 4.78 is 0. The molecule has 2 aromatic heterocycles. The van der Waals surface area contributed by atoms with Crippen LogP contribution < -0.4 is 5.32 Å². The minimum absolute atomic E-state index is 0.0408. The van der Waals surface area contributed by atoms with E-state index in [1.807, 2.05) is 32.9 Å². The molecule has 4 nitrogen and oxygen atoms in total. The summed E-state index contributed by atoms with van der Waals surface area (Å²) in [7, 11) is 0. The van der Waals surface area contributed by atoms with Crippen LogP contribution in [-0.2, 0) is 17.6 Å². The maximum absolute atomic E-state index is 12.4. The van der Waals surface area contributed by atoms with Gasteiger partial charge in [0.05, 0.1) is 5.69 Å². The first kappa shape index (κ1) is 15.2. The molecule has 0 aliphatic heterocycles. The number of fused-ring (bicyclic) bond motifs is 1. The largest absolute Gasteiger partial charge is 0.351 e. The lowest BCUT2D eigenvalue weighted by atomic mass is 9.89. The van der Waals surface area contributed by atoms with Gasteiger partial charge in [0.2, 0.25) is 5.91 Å². The number of nitrogens with zero attached hydrogens (tertiary/aromatic N) is 2. The van der Waals surface area contributed by atoms with Crippen molar-refractivity contribution in [3.8, 4) is 10.6 Å². The number of carbonyl (C=O) groups is 1.